The highest BCUT2D eigenvalue weighted by molar-refractivity contribution is 7.98. The molecule has 11 nitrogen and oxygen atoms in total. The molecule has 0 radical (unpaired) electrons. The molecule has 1 aromatic carbocycles. The minimum atomic E-state index is -0.379. The average Bonchev–Trinajstić information content (AvgIpc) is 3.59. The molecule has 244 valence electrons. The summed E-state index contributed by atoms with van der Waals surface area (Å²) in [6, 6.07) is 5.65. The summed E-state index contributed by atoms with van der Waals surface area (Å²) in [7, 11) is 3.79. The molecule has 13 heteroatoms. The van der Waals surface area contributed by atoms with Gasteiger partial charge in [-0.2, -0.15) is 0 Å². The molecule has 0 bridgehead atoms. The summed E-state index contributed by atoms with van der Waals surface area (Å²) in [5.41, 5.74) is 2.21. The number of aryl methyl sites for hydroxylation is 1. The predicted molar refractivity (Wildman–Crippen MR) is 177 cm³/mol. The van der Waals surface area contributed by atoms with Crippen molar-refractivity contribution in [2.45, 2.75) is 44.4 Å². The van der Waals surface area contributed by atoms with Crippen molar-refractivity contribution in [3.05, 3.63) is 40.5 Å². The van der Waals surface area contributed by atoms with Crippen molar-refractivity contribution in [1.29, 1.82) is 0 Å². The smallest absolute Gasteiger partial charge is 0.414 e. The first-order chi connectivity index (χ1) is 21.5. The van der Waals surface area contributed by atoms with E-state index in [2.05, 4.69) is 14.9 Å². The quantitative estimate of drug-likeness (QED) is 0.289. The lowest BCUT2D eigenvalue weighted by atomic mass is 10.0. The molecule has 3 amide bonds. The lowest BCUT2D eigenvalue weighted by molar-refractivity contribution is -0.130. The first-order valence-electron chi connectivity index (χ1n) is 15.6. The molecule has 3 fully saturated rings. The third-order valence-corrected chi connectivity index (χ3v) is 10.1. The van der Waals surface area contributed by atoms with Crippen LogP contribution in [0.25, 0.3) is 0 Å². The van der Waals surface area contributed by atoms with Gasteiger partial charge in [0.05, 0.1) is 0 Å². The standard InChI is InChI=1S/C32H44ClN7O4S/c1-21-7-8-25(15-28(21)33)40(32(43)44-26-9-13-38(14-10-26)22(2)41)12-6-11-37-17-23-19-39(20-24(23)18-37)30(42)27-16-34-31(45-5)35-29(27)36(3)4/h7-8,15-16,23-24,26H,6,9-14,17-20H2,1-5H3. The molecule has 4 heterocycles. The van der Waals surface area contributed by atoms with Gasteiger partial charge in [-0.1, -0.05) is 29.4 Å². The normalized spacial score (nSPS) is 20.3. The van der Waals surface area contributed by atoms with Crippen LogP contribution < -0.4 is 9.80 Å². The summed E-state index contributed by atoms with van der Waals surface area (Å²) in [5, 5.41) is 1.26. The van der Waals surface area contributed by atoms with Crippen molar-refractivity contribution in [3.63, 3.8) is 0 Å². The third-order valence-electron chi connectivity index (χ3n) is 9.13. The van der Waals surface area contributed by atoms with Crippen LogP contribution in [0.5, 0.6) is 0 Å². The Morgan fingerprint density at radius 3 is 2.36 bits per heavy atom. The number of ether oxygens (including phenoxy) is 1. The largest absolute Gasteiger partial charge is 0.446 e. The lowest BCUT2D eigenvalue weighted by Crippen LogP contribution is -2.43. The van der Waals surface area contributed by atoms with Crippen LogP contribution in [0.3, 0.4) is 0 Å². The highest BCUT2D eigenvalue weighted by Crippen LogP contribution is 2.33. The van der Waals surface area contributed by atoms with Crippen LogP contribution in [-0.4, -0.2) is 121 Å². The number of halogens is 1. The Bertz CT molecular complexity index is 1390. The zero-order valence-corrected chi connectivity index (χ0v) is 28.4. The Balaban J connectivity index is 1.15. The first kappa shape index (κ1) is 33.3. The second-order valence-corrected chi connectivity index (χ2v) is 13.7. The van der Waals surface area contributed by atoms with Gasteiger partial charge >= 0.3 is 6.09 Å². The zero-order chi connectivity index (χ0) is 32.2. The van der Waals surface area contributed by atoms with Crippen LogP contribution in [0.15, 0.2) is 29.6 Å². The number of carbonyl (C=O) groups is 3. The number of piperidine rings is 1. The number of thioether (sulfide) groups is 1. The molecule has 0 N–H and O–H groups in total. The van der Waals surface area contributed by atoms with Crippen molar-refractivity contribution in [2.24, 2.45) is 11.8 Å². The van der Waals surface area contributed by atoms with Crippen LogP contribution in [0.1, 0.15) is 42.1 Å². The maximum atomic E-state index is 13.5. The van der Waals surface area contributed by atoms with Gasteiger partial charge in [0.25, 0.3) is 5.91 Å². The molecule has 0 spiro atoms. The summed E-state index contributed by atoms with van der Waals surface area (Å²) < 4.78 is 5.94. The highest BCUT2D eigenvalue weighted by Gasteiger charge is 2.42. The number of benzene rings is 1. The fourth-order valence-electron chi connectivity index (χ4n) is 6.58. The van der Waals surface area contributed by atoms with Crippen LogP contribution in [0.4, 0.5) is 16.3 Å². The second kappa shape index (κ2) is 14.6. The molecule has 3 aliphatic rings. The maximum Gasteiger partial charge on any atom is 0.414 e. The fourth-order valence-corrected chi connectivity index (χ4v) is 7.09. The molecular formula is C32H44ClN7O4S. The Morgan fingerprint density at radius 1 is 1.07 bits per heavy atom. The van der Waals surface area contributed by atoms with E-state index in [0.717, 1.165) is 50.4 Å². The second-order valence-electron chi connectivity index (χ2n) is 12.5. The minimum Gasteiger partial charge on any atom is -0.446 e. The van der Waals surface area contributed by atoms with Crippen LogP contribution >= 0.6 is 23.4 Å². The van der Waals surface area contributed by atoms with E-state index in [0.29, 0.717) is 65.9 Å². The van der Waals surface area contributed by atoms with E-state index >= 15 is 0 Å². The number of anilines is 2. The number of carbonyl (C=O) groups excluding carboxylic acids is 3. The zero-order valence-electron chi connectivity index (χ0n) is 26.9. The molecule has 2 unspecified atom stereocenters. The number of amides is 3. The van der Waals surface area contributed by atoms with Gasteiger partial charge < -0.3 is 24.3 Å². The number of aromatic nitrogens is 2. The van der Waals surface area contributed by atoms with Crippen molar-refractivity contribution in [1.82, 2.24) is 24.7 Å². The number of hydrogen-bond acceptors (Lipinski definition) is 9. The molecule has 3 aliphatic heterocycles. The van der Waals surface area contributed by atoms with Crippen LogP contribution in [0, 0.1) is 18.8 Å². The summed E-state index contributed by atoms with van der Waals surface area (Å²) in [6.45, 7) is 9.33. The van der Waals surface area contributed by atoms with Crippen molar-refractivity contribution >= 4 is 52.8 Å². The topological polar surface area (TPSA) is 102 Å². The Kier molecular flexibility index (Phi) is 10.8. The number of rotatable bonds is 9. The number of likely N-dealkylation sites (tertiary alicyclic amines) is 3. The van der Waals surface area contributed by atoms with Gasteiger partial charge in [-0.05, 0) is 55.7 Å². The van der Waals surface area contributed by atoms with E-state index in [1.807, 2.05) is 55.3 Å². The van der Waals surface area contributed by atoms with Crippen LogP contribution in [0.2, 0.25) is 5.02 Å². The molecule has 45 heavy (non-hydrogen) atoms. The van der Waals surface area contributed by atoms with E-state index in [9.17, 15) is 14.4 Å². The molecule has 0 saturated carbocycles. The third kappa shape index (κ3) is 7.84. The highest BCUT2D eigenvalue weighted by atomic mass is 35.5. The van der Waals surface area contributed by atoms with Gasteiger partial charge in [0.2, 0.25) is 5.91 Å². The number of hydrogen-bond donors (Lipinski definition) is 0. The lowest BCUT2D eigenvalue weighted by Gasteiger charge is -2.32. The summed E-state index contributed by atoms with van der Waals surface area (Å²) in [4.78, 5) is 57.3. The summed E-state index contributed by atoms with van der Waals surface area (Å²) >= 11 is 7.90. The van der Waals surface area contributed by atoms with Crippen molar-refractivity contribution in [2.75, 3.05) is 82.5 Å². The molecule has 5 rings (SSSR count). The fraction of sp³-hybridized carbons (Fsp3) is 0.594. The van der Waals surface area contributed by atoms with Crippen LogP contribution in [-0.2, 0) is 9.53 Å². The molecule has 0 aliphatic carbocycles. The predicted octanol–water partition coefficient (Wildman–Crippen LogP) is 4.27. The minimum absolute atomic E-state index is 0.00909. The molecule has 3 saturated heterocycles. The van der Waals surface area contributed by atoms with Gasteiger partial charge in [-0.3, -0.25) is 14.5 Å². The van der Waals surface area contributed by atoms with Gasteiger partial charge in [-0.25, -0.2) is 14.8 Å². The monoisotopic (exact) mass is 657 g/mol. The van der Waals surface area contributed by atoms with Gasteiger partial charge in [0.15, 0.2) is 5.16 Å². The molecule has 2 atom stereocenters. The summed E-state index contributed by atoms with van der Waals surface area (Å²) in [6.07, 6.45) is 5.03. The van der Waals surface area contributed by atoms with E-state index in [1.54, 1.807) is 22.9 Å². The van der Waals surface area contributed by atoms with Gasteiger partial charge in [0.1, 0.15) is 17.5 Å². The maximum absolute atomic E-state index is 13.5. The van der Waals surface area contributed by atoms with Crippen molar-refractivity contribution < 1.29 is 19.1 Å². The SMILES string of the molecule is CSc1ncc(C(=O)N2CC3CN(CCCN(C(=O)OC4CCN(C(C)=O)CC4)c4ccc(C)c(Cl)c4)CC3C2)c(N(C)C)n1. The number of nitrogens with zero attached hydrogens (tertiary/aromatic N) is 7. The Labute approximate surface area is 275 Å². The van der Waals surface area contributed by atoms with E-state index in [1.165, 1.54) is 11.8 Å². The van der Waals surface area contributed by atoms with E-state index in [-0.39, 0.29) is 24.0 Å². The molecular weight excluding hydrogens is 614 g/mol. The molecule has 2 aromatic rings. The van der Waals surface area contributed by atoms with Gasteiger partial charge in [0, 0.05) is 96.6 Å². The van der Waals surface area contributed by atoms with E-state index in [4.69, 9.17) is 16.3 Å². The average molecular weight is 658 g/mol. The first-order valence-corrected chi connectivity index (χ1v) is 17.2. The number of fused-ring (bicyclic) bond motifs is 1. The Hall–Kier alpha value is -3.09. The van der Waals surface area contributed by atoms with Crippen molar-refractivity contribution in [3.8, 4) is 0 Å². The van der Waals surface area contributed by atoms with Gasteiger partial charge in [-0.15, -0.1) is 0 Å². The molecule has 1 aromatic heterocycles. The Morgan fingerprint density at radius 2 is 1.76 bits per heavy atom. The van der Waals surface area contributed by atoms with E-state index < -0.39 is 0 Å². The summed E-state index contributed by atoms with van der Waals surface area (Å²) in [5.74, 6) is 1.53.